The molecule has 0 bridgehead atoms. The van der Waals surface area contributed by atoms with Gasteiger partial charge in [0.2, 0.25) is 0 Å². The third-order valence-electron chi connectivity index (χ3n) is 2.62. The Morgan fingerprint density at radius 2 is 1.83 bits per heavy atom. The van der Waals surface area contributed by atoms with E-state index in [4.69, 9.17) is 0 Å². The molecule has 18 heavy (non-hydrogen) atoms. The average molecular weight is 311 g/mol. The van der Waals surface area contributed by atoms with E-state index in [0.717, 1.165) is 0 Å². The minimum Gasteiger partial charge on any atom is -0.289 e. The zero-order valence-corrected chi connectivity index (χ0v) is 11.1. The summed E-state index contributed by atoms with van der Waals surface area (Å²) in [4.78, 5) is 12.2. The summed E-state index contributed by atoms with van der Waals surface area (Å²) in [6.07, 6.45) is 0. The number of benzene rings is 2. The second kappa shape index (κ2) is 4.98. The molecule has 0 fully saturated rings. The molecule has 0 heterocycles. The number of rotatable bonds is 2. The van der Waals surface area contributed by atoms with Crippen molar-refractivity contribution in [2.45, 2.75) is 6.92 Å². The first kappa shape index (κ1) is 12.9. The van der Waals surface area contributed by atoms with E-state index in [-0.39, 0.29) is 21.6 Å². The highest BCUT2D eigenvalue weighted by Gasteiger charge is 2.15. The molecule has 0 spiro atoms. The van der Waals surface area contributed by atoms with Gasteiger partial charge < -0.3 is 0 Å². The van der Waals surface area contributed by atoms with Crippen molar-refractivity contribution in [2.75, 3.05) is 0 Å². The summed E-state index contributed by atoms with van der Waals surface area (Å²) >= 11 is 3.04. The van der Waals surface area contributed by atoms with Crippen molar-refractivity contribution in [3.05, 3.63) is 69.2 Å². The third-order valence-corrected chi connectivity index (χ3v) is 3.42. The van der Waals surface area contributed by atoms with Gasteiger partial charge in [-0.25, -0.2) is 8.78 Å². The number of carbonyl (C=O) groups is 1. The predicted molar refractivity (Wildman–Crippen MR) is 68.7 cm³/mol. The van der Waals surface area contributed by atoms with E-state index < -0.39 is 5.82 Å². The van der Waals surface area contributed by atoms with Crippen LogP contribution in [-0.2, 0) is 0 Å². The highest BCUT2D eigenvalue weighted by Crippen LogP contribution is 2.23. The van der Waals surface area contributed by atoms with Crippen LogP contribution in [0.1, 0.15) is 21.5 Å². The average Bonchev–Trinajstić information content (AvgIpc) is 2.35. The molecule has 0 aliphatic heterocycles. The van der Waals surface area contributed by atoms with Crippen molar-refractivity contribution < 1.29 is 13.6 Å². The molecule has 0 N–H and O–H groups in total. The van der Waals surface area contributed by atoms with Gasteiger partial charge in [0.1, 0.15) is 11.6 Å². The number of hydrogen-bond acceptors (Lipinski definition) is 1. The topological polar surface area (TPSA) is 17.1 Å². The number of aryl methyl sites for hydroxylation is 1. The van der Waals surface area contributed by atoms with Crippen LogP contribution in [0.25, 0.3) is 0 Å². The van der Waals surface area contributed by atoms with Crippen LogP contribution in [0.15, 0.2) is 40.9 Å². The van der Waals surface area contributed by atoms with E-state index in [1.807, 2.05) is 0 Å². The van der Waals surface area contributed by atoms with Crippen LogP contribution in [0.5, 0.6) is 0 Å². The first-order valence-electron chi connectivity index (χ1n) is 5.25. The monoisotopic (exact) mass is 310 g/mol. The van der Waals surface area contributed by atoms with Crippen LogP contribution in [0.2, 0.25) is 0 Å². The lowest BCUT2D eigenvalue weighted by Crippen LogP contribution is -2.04. The van der Waals surface area contributed by atoms with E-state index in [1.54, 1.807) is 6.92 Å². The molecule has 0 atom stereocenters. The van der Waals surface area contributed by atoms with E-state index in [2.05, 4.69) is 15.9 Å². The summed E-state index contributed by atoms with van der Waals surface area (Å²) in [7, 11) is 0. The Morgan fingerprint density at radius 3 is 2.50 bits per heavy atom. The van der Waals surface area contributed by atoms with Crippen molar-refractivity contribution >= 4 is 21.7 Å². The lowest BCUT2D eigenvalue weighted by molar-refractivity contribution is 0.103. The number of halogens is 3. The van der Waals surface area contributed by atoms with E-state index >= 15 is 0 Å². The second-order valence-corrected chi connectivity index (χ2v) is 4.69. The van der Waals surface area contributed by atoms with Crippen molar-refractivity contribution in [1.29, 1.82) is 0 Å². The molecule has 0 aliphatic rings. The fraction of sp³-hybridized carbons (Fsp3) is 0.0714. The van der Waals surface area contributed by atoms with Gasteiger partial charge in [-0.15, -0.1) is 0 Å². The molecule has 0 unspecified atom stereocenters. The van der Waals surface area contributed by atoms with Gasteiger partial charge in [0.05, 0.1) is 4.47 Å². The fourth-order valence-corrected chi connectivity index (χ4v) is 2.06. The lowest BCUT2D eigenvalue weighted by Gasteiger charge is -2.06. The Morgan fingerprint density at radius 1 is 1.11 bits per heavy atom. The maximum Gasteiger partial charge on any atom is 0.194 e. The van der Waals surface area contributed by atoms with Crippen LogP contribution in [0.3, 0.4) is 0 Å². The molecular weight excluding hydrogens is 302 g/mol. The Bertz CT molecular complexity index is 623. The molecule has 0 radical (unpaired) electrons. The van der Waals surface area contributed by atoms with Crippen molar-refractivity contribution in [3.8, 4) is 0 Å². The molecule has 0 amide bonds. The van der Waals surface area contributed by atoms with E-state index in [1.165, 1.54) is 36.4 Å². The zero-order chi connectivity index (χ0) is 13.3. The first-order chi connectivity index (χ1) is 8.50. The van der Waals surface area contributed by atoms with Gasteiger partial charge in [-0.1, -0.05) is 6.07 Å². The number of carbonyl (C=O) groups excluding carboxylic acids is 1. The molecule has 0 aliphatic carbocycles. The van der Waals surface area contributed by atoms with E-state index in [9.17, 15) is 13.6 Å². The number of hydrogen-bond donors (Lipinski definition) is 0. The van der Waals surface area contributed by atoms with E-state index in [0.29, 0.717) is 11.1 Å². The maximum atomic E-state index is 13.3. The molecular formula is C14H9BrF2O. The molecule has 4 heteroatoms. The molecule has 2 aromatic carbocycles. The standard InChI is InChI=1S/C14H9BrF2O/c1-8-7-9(5-6-11(8)16)14(18)10-3-2-4-12(17)13(10)15/h2-7H,1H3. The summed E-state index contributed by atoms with van der Waals surface area (Å²) in [6.45, 7) is 1.58. The van der Waals surface area contributed by atoms with Crippen LogP contribution >= 0.6 is 15.9 Å². The molecule has 92 valence electrons. The molecule has 0 aromatic heterocycles. The molecule has 2 rings (SSSR count). The summed E-state index contributed by atoms with van der Waals surface area (Å²) in [5, 5.41) is 0. The Hall–Kier alpha value is -1.55. The van der Waals surface area contributed by atoms with Gasteiger partial charge in [-0.3, -0.25) is 4.79 Å². The quantitative estimate of drug-likeness (QED) is 0.757. The van der Waals surface area contributed by atoms with Crippen molar-refractivity contribution in [3.63, 3.8) is 0 Å². The van der Waals surface area contributed by atoms with Gasteiger partial charge in [0.15, 0.2) is 5.78 Å². The third kappa shape index (κ3) is 2.34. The van der Waals surface area contributed by atoms with Gasteiger partial charge in [0.25, 0.3) is 0 Å². The van der Waals surface area contributed by atoms with Gasteiger partial charge >= 0.3 is 0 Å². The minimum atomic E-state index is -0.500. The second-order valence-electron chi connectivity index (χ2n) is 3.89. The predicted octanol–water partition coefficient (Wildman–Crippen LogP) is 4.27. The van der Waals surface area contributed by atoms with Gasteiger partial charge in [-0.2, -0.15) is 0 Å². The summed E-state index contributed by atoms with van der Waals surface area (Å²) < 4.78 is 26.6. The van der Waals surface area contributed by atoms with Crippen LogP contribution in [-0.4, -0.2) is 5.78 Å². The van der Waals surface area contributed by atoms with Crippen LogP contribution in [0, 0.1) is 18.6 Å². The van der Waals surface area contributed by atoms with Gasteiger partial charge in [0, 0.05) is 11.1 Å². The normalized spacial score (nSPS) is 10.4. The summed E-state index contributed by atoms with van der Waals surface area (Å²) in [6, 6.07) is 8.32. The highest BCUT2D eigenvalue weighted by atomic mass is 79.9. The highest BCUT2D eigenvalue weighted by molar-refractivity contribution is 9.10. The molecule has 0 saturated heterocycles. The SMILES string of the molecule is Cc1cc(C(=O)c2cccc(F)c2Br)ccc1F. The first-order valence-corrected chi connectivity index (χ1v) is 6.05. The van der Waals surface area contributed by atoms with Crippen molar-refractivity contribution in [2.24, 2.45) is 0 Å². The van der Waals surface area contributed by atoms with Crippen molar-refractivity contribution in [1.82, 2.24) is 0 Å². The Balaban J connectivity index is 2.48. The molecule has 2 aromatic rings. The van der Waals surface area contributed by atoms with Gasteiger partial charge in [-0.05, 0) is 58.7 Å². The summed E-state index contributed by atoms with van der Waals surface area (Å²) in [5.74, 6) is -1.21. The minimum absolute atomic E-state index is 0.122. The fourth-order valence-electron chi connectivity index (χ4n) is 1.62. The Labute approximate surface area is 112 Å². The van der Waals surface area contributed by atoms with Crippen LogP contribution in [0.4, 0.5) is 8.78 Å². The number of ketones is 1. The Kier molecular flexibility index (Phi) is 3.57. The lowest BCUT2D eigenvalue weighted by atomic mass is 10.0. The largest absolute Gasteiger partial charge is 0.289 e. The maximum absolute atomic E-state index is 13.3. The summed E-state index contributed by atoms with van der Waals surface area (Å²) in [5.41, 5.74) is 0.939. The zero-order valence-electron chi connectivity index (χ0n) is 9.51. The van der Waals surface area contributed by atoms with Crippen LogP contribution < -0.4 is 0 Å². The molecule has 1 nitrogen and oxygen atoms in total. The molecule has 0 saturated carbocycles. The smallest absolute Gasteiger partial charge is 0.194 e.